The number of hydrogen-bond donors (Lipinski definition) is 2. The molecule has 1 aliphatic carbocycles. The molecule has 1 aliphatic heterocycles. The molecular formula is C21H20N2O3. The van der Waals surface area contributed by atoms with Gasteiger partial charge in [-0.3, -0.25) is 25.2 Å². The van der Waals surface area contributed by atoms with E-state index in [-0.39, 0.29) is 24.0 Å². The zero-order valence-electron chi connectivity index (χ0n) is 14.4. The number of rotatable bonds is 2. The summed E-state index contributed by atoms with van der Waals surface area (Å²) in [4.78, 5) is 39.0. The smallest absolute Gasteiger partial charge is 0.255 e. The molecule has 132 valence electrons. The Labute approximate surface area is 151 Å². The van der Waals surface area contributed by atoms with Gasteiger partial charge < -0.3 is 0 Å². The molecule has 0 radical (unpaired) electrons. The van der Waals surface area contributed by atoms with Crippen molar-refractivity contribution in [2.45, 2.75) is 25.2 Å². The quantitative estimate of drug-likeness (QED) is 0.818. The van der Waals surface area contributed by atoms with Gasteiger partial charge in [0.2, 0.25) is 0 Å². The minimum atomic E-state index is -1.34. The SMILES string of the molecule is CC1C(=O)CC(c2ccccc2)C2(C(=O)NNC2=O)C1c1ccccc1. The third-order valence-corrected chi connectivity index (χ3v) is 5.86. The zero-order valence-corrected chi connectivity index (χ0v) is 14.4. The summed E-state index contributed by atoms with van der Waals surface area (Å²) >= 11 is 0. The van der Waals surface area contributed by atoms with Crippen LogP contribution in [-0.4, -0.2) is 17.6 Å². The van der Waals surface area contributed by atoms with Crippen molar-refractivity contribution >= 4 is 17.6 Å². The first-order chi connectivity index (χ1) is 12.6. The van der Waals surface area contributed by atoms with E-state index in [2.05, 4.69) is 10.9 Å². The highest BCUT2D eigenvalue weighted by Gasteiger charge is 2.65. The van der Waals surface area contributed by atoms with Gasteiger partial charge >= 0.3 is 0 Å². The van der Waals surface area contributed by atoms with Gasteiger partial charge in [0.15, 0.2) is 0 Å². The summed E-state index contributed by atoms with van der Waals surface area (Å²) in [5.41, 5.74) is 5.36. The van der Waals surface area contributed by atoms with Crippen LogP contribution in [0.2, 0.25) is 0 Å². The molecule has 2 fully saturated rings. The number of hydrogen-bond acceptors (Lipinski definition) is 3. The second-order valence-corrected chi connectivity index (χ2v) is 7.09. The van der Waals surface area contributed by atoms with Crippen LogP contribution in [0.1, 0.15) is 36.3 Å². The molecule has 2 aromatic rings. The number of benzene rings is 2. The van der Waals surface area contributed by atoms with Gasteiger partial charge in [-0.25, -0.2) is 0 Å². The lowest BCUT2D eigenvalue weighted by molar-refractivity contribution is -0.146. The maximum Gasteiger partial charge on any atom is 0.255 e. The van der Waals surface area contributed by atoms with E-state index in [1.54, 1.807) is 0 Å². The van der Waals surface area contributed by atoms with Crippen LogP contribution in [0.5, 0.6) is 0 Å². The number of amides is 2. The number of Topliss-reactive ketones (excluding diaryl/α,β-unsaturated/α-hetero) is 1. The van der Waals surface area contributed by atoms with Crippen molar-refractivity contribution < 1.29 is 14.4 Å². The molecule has 2 N–H and O–H groups in total. The third kappa shape index (κ3) is 2.20. The lowest BCUT2D eigenvalue weighted by Gasteiger charge is -2.46. The summed E-state index contributed by atoms with van der Waals surface area (Å²) < 4.78 is 0. The van der Waals surface area contributed by atoms with E-state index in [0.29, 0.717) is 0 Å². The van der Waals surface area contributed by atoms with Gasteiger partial charge in [0.05, 0.1) is 0 Å². The fourth-order valence-electron chi connectivity index (χ4n) is 4.65. The van der Waals surface area contributed by atoms with Crippen molar-refractivity contribution in [2.24, 2.45) is 11.3 Å². The first kappa shape index (κ1) is 16.5. The molecule has 1 spiro atoms. The molecule has 3 unspecified atom stereocenters. The highest BCUT2D eigenvalue weighted by Crippen LogP contribution is 2.57. The van der Waals surface area contributed by atoms with Crippen molar-refractivity contribution in [3.8, 4) is 0 Å². The molecule has 5 heteroatoms. The monoisotopic (exact) mass is 348 g/mol. The van der Waals surface area contributed by atoms with E-state index in [9.17, 15) is 14.4 Å². The van der Waals surface area contributed by atoms with E-state index in [4.69, 9.17) is 0 Å². The molecule has 1 saturated heterocycles. The first-order valence-electron chi connectivity index (χ1n) is 8.80. The van der Waals surface area contributed by atoms with E-state index < -0.39 is 23.2 Å². The molecule has 2 aliphatic rings. The summed E-state index contributed by atoms with van der Waals surface area (Å²) in [5.74, 6) is -2.08. The van der Waals surface area contributed by atoms with Crippen LogP contribution in [0, 0.1) is 11.3 Å². The Morgan fingerprint density at radius 2 is 1.31 bits per heavy atom. The zero-order chi connectivity index (χ0) is 18.3. The Hall–Kier alpha value is -2.95. The van der Waals surface area contributed by atoms with E-state index >= 15 is 0 Å². The van der Waals surface area contributed by atoms with E-state index in [1.807, 2.05) is 67.6 Å². The molecule has 5 nitrogen and oxygen atoms in total. The Balaban J connectivity index is 1.97. The molecule has 26 heavy (non-hydrogen) atoms. The topological polar surface area (TPSA) is 75.3 Å². The Morgan fingerprint density at radius 3 is 1.85 bits per heavy atom. The van der Waals surface area contributed by atoms with Gasteiger partial charge in [-0.15, -0.1) is 0 Å². The minimum Gasteiger partial charge on any atom is -0.299 e. The van der Waals surface area contributed by atoms with Crippen LogP contribution in [-0.2, 0) is 14.4 Å². The molecule has 1 heterocycles. The van der Waals surface area contributed by atoms with Crippen LogP contribution < -0.4 is 10.9 Å². The Bertz CT molecular complexity index is 847. The number of carbonyl (C=O) groups is 3. The van der Waals surface area contributed by atoms with Crippen LogP contribution in [0.25, 0.3) is 0 Å². The fourth-order valence-corrected chi connectivity index (χ4v) is 4.65. The van der Waals surface area contributed by atoms with Gasteiger partial charge in [-0.1, -0.05) is 67.6 Å². The number of ketones is 1. The van der Waals surface area contributed by atoms with E-state index in [0.717, 1.165) is 11.1 Å². The predicted octanol–water partition coefficient (Wildman–Crippen LogP) is 2.31. The summed E-state index contributed by atoms with van der Waals surface area (Å²) in [6.07, 6.45) is 0.176. The highest BCUT2D eigenvalue weighted by molar-refractivity contribution is 6.13. The lowest BCUT2D eigenvalue weighted by atomic mass is 9.52. The molecule has 3 atom stereocenters. The third-order valence-electron chi connectivity index (χ3n) is 5.86. The van der Waals surface area contributed by atoms with E-state index in [1.165, 1.54) is 0 Å². The summed E-state index contributed by atoms with van der Waals surface area (Å²) in [5, 5.41) is 0. The molecular weight excluding hydrogens is 328 g/mol. The summed E-state index contributed by atoms with van der Waals surface area (Å²) in [6, 6.07) is 18.8. The van der Waals surface area contributed by atoms with Crippen molar-refractivity contribution in [2.75, 3.05) is 0 Å². The Morgan fingerprint density at radius 1 is 0.808 bits per heavy atom. The fraction of sp³-hybridized carbons (Fsp3) is 0.286. The van der Waals surface area contributed by atoms with Gasteiger partial charge in [0.1, 0.15) is 11.2 Å². The summed E-state index contributed by atoms with van der Waals surface area (Å²) in [6.45, 7) is 1.82. The van der Waals surface area contributed by atoms with Crippen LogP contribution in [0.3, 0.4) is 0 Å². The van der Waals surface area contributed by atoms with Gasteiger partial charge in [-0.2, -0.15) is 0 Å². The van der Waals surface area contributed by atoms with Crippen LogP contribution >= 0.6 is 0 Å². The second-order valence-electron chi connectivity index (χ2n) is 7.09. The normalized spacial score (nSPS) is 27.3. The maximum absolute atomic E-state index is 13.1. The molecule has 4 rings (SSSR count). The number of nitrogens with one attached hydrogen (secondary N) is 2. The Kier molecular flexibility index (Phi) is 3.87. The standard InChI is InChI=1S/C21H20N2O3/c1-13-17(24)12-16(14-8-4-2-5-9-14)21(19(25)22-23-20(21)26)18(13)15-10-6-3-7-11-15/h2-11,13,16,18H,12H2,1H3,(H,22,25)(H,23,26). The van der Waals surface area contributed by atoms with Crippen LogP contribution in [0.4, 0.5) is 0 Å². The first-order valence-corrected chi connectivity index (χ1v) is 8.80. The van der Waals surface area contributed by atoms with Crippen molar-refractivity contribution in [1.29, 1.82) is 0 Å². The van der Waals surface area contributed by atoms with Crippen molar-refractivity contribution in [3.05, 3.63) is 71.8 Å². The molecule has 0 bridgehead atoms. The molecule has 1 saturated carbocycles. The average Bonchev–Trinajstić information content (AvgIpc) is 2.96. The van der Waals surface area contributed by atoms with Gasteiger partial charge in [-0.05, 0) is 11.1 Å². The number of hydrazine groups is 1. The lowest BCUT2D eigenvalue weighted by Crippen LogP contribution is -2.53. The molecule has 2 amide bonds. The molecule has 0 aromatic heterocycles. The second kappa shape index (κ2) is 6.09. The van der Waals surface area contributed by atoms with Gasteiger partial charge in [0.25, 0.3) is 11.8 Å². The van der Waals surface area contributed by atoms with Gasteiger partial charge in [0, 0.05) is 24.2 Å². The minimum absolute atomic E-state index is 0.0748. The summed E-state index contributed by atoms with van der Waals surface area (Å²) in [7, 11) is 0. The highest BCUT2D eigenvalue weighted by atomic mass is 16.2. The largest absolute Gasteiger partial charge is 0.299 e. The predicted molar refractivity (Wildman–Crippen MR) is 95.9 cm³/mol. The molecule has 2 aromatic carbocycles. The maximum atomic E-state index is 13.1. The van der Waals surface area contributed by atoms with Crippen LogP contribution in [0.15, 0.2) is 60.7 Å². The number of carbonyl (C=O) groups excluding carboxylic acids is 3. The average molecular weight is 348 g/mol. The van der Waals surface area contributed by atoms with Crippen molar-refractivity contribution in [1.82, 2.24) is 10.9 Å². The van der Waals surface area contributed by atoms with Crippen molar-refractivity contribution in [3.63, 3.8) is 0 Å².